The topological polar surface area (TPSA) is 32.3 Å². The van der Waals surface area contributed by atoms with Gasteiger partial charge in [-0.15, -0.1) is 11.8 Å². The summed E-state index contributed by atoms with van der Waals surface area (Å²) in [5.41, 5.74) is 2.04. The van der Waals surface area contributed by atoms with E-state index < -0.39 is 0 Å². The molecule has 52 valence electrons. The number of hydrogen-bond acceptors (Lipinski definition) is 2. The van der Waals surface area contributed by atoms with Crippen LogP contribution in [-0.4, -0.2) is 11.8 Å². The average molecular weight is 127 g/mol. The SMILES string of the molecule is CC(C)C#CCCNO. The Balaban J connectivity index is 3.16. The van der Waals surface area contributed by atoms with Crippen molar-refractivity contribution in [3.8, 4) is 11.8 Å². The molecule has 0 aromatic rings. The van der Waals surface area contributed by atoms with Crippen LogP contribution < -0.4 is 5.48 Å². The van der Waals surface area contributed by atoms with E-state index in [-0.39, 0.29) is 0 Å². The minimum absolute atomic E-state index is 0.434. The molecule has 2 heteroatoms. The van der Waals surface area contributed by atoms with E-state index in [0.717, 1.165) is 0 Å². The summed E-state index contributed by atoms with van der Waals surface area (Å²) in [6.07, 6.45) is 0.717. The largest absolute Gasteiger partial charge is 0.317 e. The second-order valence-corrected chi connectivity index (χ2v) is 2.13. The van der Waals surface area contributed by atoms with Gasteiger partial charge in [0.25, 0.3) is 0 Å². The van der Waals surface area contributed by atoms with Gasteiger partial charge in [0.1, 0.15) is 0 Å². The molecule has 0 rings (SSSR count). The Morgan fingerprint density at radius 2 is 2.22 bits per heavy atom. The van der Waals surface area contributed by atoms with Crippen LogP contribution in [0.4, 0.5) is 0 Å². The first-order valence-electron chi connectivity index (χ1n) is 3.12. The molecule has 0 saturated heterocycles. The van der Waals surface area contributed by atoms with Crippen LogP contribution in [0.1, 0.15) is 20.3 Å². The molecular formula is C7H13NO. The van der Waals surface area contributed by atoms with Gasteiger partial charge in [0.05, 0.1) is 0 Å². The van der Waals surface area contributed by atoms with Crippen LogP contribution >= 0.6 is 0 Å². The molecule has 0 spiro atoms. The summed E-state index contributed by atoms with van der Waals surface area (Å²) in [6.45, 7) is 4.64. The summed E-state index contributed by atoms with van der Waals surface area (Å²) in [4.78, 5) is 0. The minimum Gasteiger partial charge on any atom is -0.317 e. The quantitative estimate of drug-likeness (QED) is 0.329. The van der Waals surface area contributed by atoms with Gasteiger partial charge in [-0.05, 0) is 0 Å². The van der Waals surface area contributed by atoms with Crippen LogP contribution in [0.2, 0.25) is 0 Å². The Kier molecular flexibility index (Phi) is 5.29. The third-order valence-corrected chi connectivity index (χ3v) is 0.753. The van der Waals surface area contributed by atoms with E-state index in [1.165, 1.54) is 0 Å². The highest BCUT2D eigenvalue weighted by Crippen LogP contribution is 1.85. The molecule has 0 saturated carbocycles. The maximum atomic E-state index is 8.11. The van der Waals surface area contributed by atoms with Crippen molar-refractivity contribution in [3.63, 3.8) is 0 Å². The lowest BCUT2D eigenvalue weighted by atomic mass is 10.2. The van der Waals surface area contributed by atoms with E-state index in [2.05, 4.69) is 11.8 Å². The lowest BCUT2D eigenvalue weighted by molar-refractivity contribution is 0.169. The third kappa shape index (κ3) is 7.48. The summed E-state index contributed by atoms with van der Waals surface area (Å²) in [5.74, 6) is 6.33. The van der Waals surface area contributed by atoms with Crippen molar-refractivity contribution >= 4 is 0 Å². The zero-order valence-electron chi connectivity index (χ0n) is 5.94. The Morgan fingerprint density at radius 3 is 2.67 bits per heavy atom. The smallest absolute Gasteiger partial charge is 0.0317 e. The maximum absolute atomic E-state index is 8.11. The van der Waals surface area contributed by atoms with Crippen molar-refractivity contribution in [2.24, 2.45) is 5.92 Å². The summed E-state index contributed by atoms with van der Waals surface area (Å²) >= 11 is 0. The maximum Gasteiger partial charge on any atom is 0.0317 e. The number of rotatable bonds is 2. The fourth-order valence-corrected chi connectivity index (χ4v) is 0.395. The highest BCUT2D eigenvalue weighted by molar-refractivity contribution is 5.01. The Morgan fingerprint density at radius 1 is 1.56 bits per heavy atom. The molecule has 0 aromatic heterocycles. The average Bonchev–Trinajstić information content (AvgIpc) is 1.80. The van der Waals surface area contributed by atoms with E-state index >= 15 is 0 Å². The number of hydroxylamine groups is 1. The zero-order chi connectivity index (χ0) is 7.11. The molecule has 0 bridgehead atoms. The standard InChI is InChI=1S/C7H13NO/c1-7(2)5-3-4-6-8-9/h7-9H,4,6H2,1-2H3. The molecule has 0 aliphatic carbocycles. The van der Waals surface area contributed by atoms with E-state index in [1.807, 2.05) is 19.3 Å². The molecule has 0 radical (unpaired) electrons. The predicted molar refractivity (Wildman–Crippen MR) is 37.0 cm³/mol. The molecule has 0 unspecified atom stereocenters. The zero-order valence-corrected chi connectivity index (χ0v) is 5.94. The van der Waals surface area contributed by atoms with Gasteiger partial charge >= 0.3 is 0 Å². The molecule has 9 heavy (non-hydrogen) atoms. The molecule has 0 aromatic carbocycles. The fourth-order valence-electron chi connectivity index (χ4n) is 0.395. The molecule has 0 amide bonds. The molecular weight excluding hydrogens is 114 g/mol. The lowest BCUT2D eigenvalue weighted by Crippen LogP contribution is -2.07. The number of hydrogen-bond donors (Lipinski definition) is 2. The predicted octanol–water partition coefficient (Wildman–Crippen LogP) is 1.01. The van der Waals surface area contributed by atoms with Gasteiger partial charge in [-0.1, -0.05) is 13.8 Å². The Bertz CT molecular complexity index is 110. The third-order valence-electron chi connectivity index (χ3n) is 0.753. The molecule has 0 atom stereocenters. The van der Waals surface area contributed by atoms with Crippen molar-refractivity contribution in [1.82, 2.24) is 5.48 Å². The monoisotopic (exact) mass is 127 g/mol. The van der Waals surface area contributed by atoms with Gasteiger partial charge in [0, 0.05) is 18.9 Å². The van der Waals surface area contributed by atoms with Gasteiger partial charge in [-0.2, -0.15) is 0 Å². The van der Waals surface area contributed by atoms with E-state index in [1.54, 1.807) is 0 Å². The van der Waals surface area contributed by atoms with Gasteiger partial charge in [-0.3, -0.25) is 0 Å². The lowest BCUT2D eigenvalue weighted by Gasteiger charge is -1.88. The van der Waals surface area contributed by atoms with Gasteiger partial charge in [0.15, 0.2) is 0 Å². The van der Waals surface area contributed by atoms with Gasteiger partial charge in [-0.25, -0.2) is 5.48 Å². The van der Waals surface area contributed by atoms with E-state index in [9.17, 15) is 0 Å². The van der Waals surface area contributed by atoms with Crippen LogP contribution in [0.25, 0.3) is 0 Å². The molecule has 2 nitrogen and oxygen atoms in total. The Hall–Kier alpha value is -0.520. The summed E-state index contributed by atoms with van der Waals surface area (Å²) < 4.78 is 0. The Labute approximate surface area is 56.2 Å². The molecule has 0 aliphatic rings. The van der Waals surface area contributed by atoms with Crippen molar-refractivity contribution in [3.05, 3.63) is 0 Å². The van der Waals surface area contributed by atoms with Gasteiger partial charge in [0.2, 0.25) is 0 Å². The molecule has 0 heterocycles. The summed E-state index contributed by atoms with van der Waals surface area (Å²) in [6, 6.07) is 0. The van der Waals surface area contributed by atoms with Crippen LogP contribution in [-0.2, 0) is 0 Å². The van der Waals surface area contributed by atoms with Crippen LogP contribution in [0, 0.1) is 17.8 Å². The first-order valence-corrected chi connectivity index (χ1v) is 3.12. The van der Waals surface area contributed by atoms with Crippen molar-refractivity contribution in [2.75, 3.05) is 6.54 Å². The minimum atomic E-state index is 0.434. The molecule has 2 N–H and O–H groups in total. The molecule has 0 aliphatic heterocycles. The van der Waals surface area contributed by atoms with Crippen LogP contribution in [0.15, 0.2) is 0 Å². The second kappa shape index (κ2) is 5.61. The van der Waals surface area contributed by atoms with Gasteiger partial charge < -0.3 is 5.21 Å². The number of nitrogens with one attached hydrogen (secondary N) is 1. The van der Waals surface area contributed by atoms with Crippen LogP contribution in [0.5, 0.6) is 0 Å². The van der Waals surface area contributed by atoms with Crippen molar-refractivity contribution < 1.29 is 5.21 Å². The first kappa shape index (κ1) is 8.48. The fraction of sp³-hybridized carbons (Fsp3) is 0.714. The van der Waals surface area contributed by atoms with E-state index in [4.69, 9.17) is 5.21 Å². The van der Waals surface area contributed by atoms with Crippen LogP contribution in [0.3, 0.4) is 0 Å². The van der Waals surface area contributed by atoms with E-state index in [0.29, 0.717) is 18.9 Å². The highest BCUT2D eigenvalue weighted by Gasteiger charge is 1.80. The molecule has 0 fully saturated rings. The second-order valence-electron chi connectivity index (χ2n) is 2.13. The first-order chi connectivity index (χ1) is 4.27. The summed E-state index contributed by atoms with van der Waals surface area (Å²) in [5, 5.41) is 8.11. The highest BCUT2D eigenvalue weighted by atomic mass is 16.5. The normalized spacial score (nSPS) is 8.89. The van der Waals surface area contributed by atoms with Crippen molar-refractivity contribution in [2.45, 2.75) is 20.3 Å². The van der Waals surface area contributed by atoms with Crippen molar-refractivity contribution in [1.29, 1.82) is 0 Å². The summed E-state index contributed by atoms with van der Waals surface area (Å²) in [7, 11) is 0.